The Balaban J connectivity index is 2.41. The van der Waals surface area contributed by atoms with E-state index in [4.69, 9.17) is 5.11 Å². The van der Waals surface area contributed by atoms with Crippen LogP contribution in [0.25, 0.3) is 0 Å². The molecule has 0 amide bonds. The van der Waals surface area contributed by atoms with E-state index in [0.29, 0.717) is 6.42 Å². The Bertz CT molecular complexity index is 360. The fourth-order valence-electron chi connectivity index (χ4n) is 2.49. The lowest BCUT2D eigenvalue weighted by Crippen LogP contribution is -2.11. The van der Waals surface area contributed by atoms with Gasteiger partial charge in [0.2, 0.25) is 0 Å². The third-order valence-corrected chi connectivity index (χ3v) is 3.11. The Morgan fingerprint density at radius 2 is 2.07 bits per heavy atom. The van der Waals surface area contributed by atoms with Crippen LogP contribution in [-0.4, -0.2) is 21.9 Å². The van der Waals surface area contributed by atoms with Crippen LogP contribution >= 0.6 is 0 Å². The van der Waals surface area contributed by atoms with Gasteiger partial charge in [-0.3, -0.25) is 0 Å². The van der Waals surface area contributed by atoms with Crippen molar-refractivity contribution in [1.82, 2.24) is 0 Å². The molecule has 1 aliphatic carbocycles. The number of rotatable bonds is 2. The molecule has 1 atom stereocenters. The Morgan fingerprint density at radius 3 is 2.80 bits per heavy atom. The van der Waals surface area contributed by atoms with Crippen molar-refractivity contribution in [2.24, 2.45) is 0 Å². The van der Waals surface area contributed by atoms with Gasteiger partial charge < -0.3 is 15.3 Å². The van der Waals surface area contributed by atoms with Crippen molar-refractivity contribution in [2.45, 2.75) is 31.6 Å². The maximum Gasteiger partial charge on any atom is 0.123 e. The maximum absolute atomic E-state index is 9.79. The molecule has 0 fully saturated rings. The van der Waals surface area contributed by atoms with E-state index in [1.54, 1.807) is 6.07 Å². The van der Waals surface area contributed by atoms with Crippen LogP contribution in [0.1, 0.15) is 36.3 Å². The molecular weight excluding hydrogens is 192 g/mol. The lowest BCUT2D eigenvalue weighted by molar-refractivity contribution is 0.268. The highest BCUT2D eigenvalue weighted by molar-refractivity contribution is 5.48. The number of aliphatic hydroxyl groups excluding tert-OH is 1. The van der Waals surface area contributed by atoms with E-state index < -0.39 is 0 Å². The largest absolute Gasteiger partial charge is 0.508 e. The van der Waals surface area contributed by atoms with Gasteiger partial charge in [-0.05, 0) is 43.2 Å². The zero-order valence-corrected chi connectivity index (χ0v) is 8.61. The van der Waals surface area contributed by atoms with Crippen LogP contribution in [0.15, 0.2) is 12.1 Å². The van der Waals surface area contributed by atoms with Crippen LogP contribution < -0.4 is 0 Å². The fourth-order valence-corrected chi connectivity index (χ4v) is 2.49. The Hall–Kier alpha value is -1.22. The molecule has 82 valence electrons. The van der Waals surface area contributed by atoms with Gasteiger partial charge in [0.05, 0.1) is 0 Å². The lowest BCUT2D eigenvalue weighted by atomic mass is 9.80. The molecule has 0 heterocycles. The Labute approximate surface area is 89.0 Å². The van der Waals surface area contributed by atoms with E-state index in [1.165, 1.54) is 6.07 Å². The molecule has 1 aromatic rings. The van der Waals surface area contributed by atoms with Crippen LogP contribution in [0, 0.1) is 0 Å². The first-order valence-corrected chi connectivity index (χ1v) is 5.38. The number of aromatic hydroxyl groups is 2. The zero-order valence-electron chi connectivity index (χ0n) is 8.61. The number of fused-ring (bicyclic) bond motifs is 1. The third-order valence-electron chi connectivity index (χ3n) is 3.11. The normalized spacial score (nSPS) is 19.9. The first-order chi connectivity index (χ1) is 7.22. The predicted molar refractivity (Wildman–Crippen MR) is 57.2 cm³/mol. The van der Waals surface area contributed by atoms with Crippen molar-refractivity contribution in [1.29, 1.82) is 0 Å². The number of hydrogen-bond donors (Lipinski definition) is 3. The second-order valence-electron chi connectivity index (χ2n) is 4.14. The summed E-state index contributed by atoms with van der Waals surface area (Å²) >= 11 is 0. The molecule has 3 N–H and O–H groups in total. The highest BCUT2D eigenvalue weighted by Crippen LogP contribution is 2.41. The van der Waals surface area contributed by atoms with Crippen molar-refractivity contribution < 1.29 is 15.3 Å². The van der Waals surface area contributed by atoms with Crippen LogP contribution in [0.4, 0.5) is 0 Å². The van der Waals surface area contributed by atoms with E-state index in [-0.39, 0.29) is 24.0 Å². The van der Waals surface area contributed by atoms with Crippen LogP contribution in [-0.2, 0) is 6.42 Å². The highest BCUT2D eigenvalue weighted by atomic mass is 16.3. The molecule has 1 aliphatic rings. The standard InChI is InChI=1S/C12H16O3/c13-5-4-8-2-1-3-9-6-10(14)7-11(15)12(8)9/h6-8,13-15H,1-5H2/t8-/m0/s1. The summed E-state index contributed by atoms with van der Waals surface area (Å²) < 4.78 is 0. The number of phenols is 2. The van der Waals surface area contributed by atoms with Gasteiger partial charge in [-0.25, -0.2) is 0 Å². The van der Waals surface area contributed by atoms with Crippen molar-refractivity contribution >= 4 is 0 Å². The topological polar surface area (TPSA) is 60.7 Å². The SMILES string of the molecule is OCC[C@@H]1CCCc2cc(O)cc(O)c21. The molecular formula is C12H16O3. The summed E-state index contributed by atoms with van der Waals surface area (Å²) in [4.78, 5) is 0. The van der Waals surface area contributed by atoms with Crippen molar-refractivity contribution in [3.63, 3.8) is 0 Å². The molecule has 3 nitrogen and oxygen atoms in total. The molecule has 0 saturated carbocycles. The van der Waals surface area contributed by atoms with Gasteiger partial charge in [-0.2, -0.15) is 0 Å². The van der Waals surface area contributed by atoms with E-state index in [9.17, 15) is 10.2 Å². The van der Waals surface area contributed by atoms with Crippen LogP contribution in [0.3, 0.4) is 0 Å². The fraction of sp³-hybridized carbons (Fsp3) is 0.500. The summed E-state index contributed by atoms with van der Waals surface area (Å²) in [5, 5.41) is 28.1. The summed E-state index contributed by atoms with van der Waals surface area (Å²) in [6.45, 7) is 0.143. The Morgan fingerprint density at radius 1 is 1.27 bits per heavy atom. The lowest BCUT2D eigenvalue weighted by Gasteiger charge is -2.26. The number of aryl methyl sites for hydroxylation is 1. The second kappa shape index (κ2) is 4.11. The van der Waals surface area contributed by atoms with E-state index in [1.807, 2.05) is 0 Å². The first-order valence-electron chi connectivity index (χ1n) is 5.38. The third kappa shape index (κ3) is 1.92. The monoisotopic (exact) mass is 208 g/mol. The van der Waals surface area contributed by atoms with Gasteiger partial charge in [0.15, 0.2) is 0 Å². The Kier molecular flexibility index (Phi) is 2.82. The minimum Gasteiger partial charge on any atom is -0.508 e. The summed E-state index contributed by atoms with van der Waals surface area (Å²) in [6, 6.07) is 3.10. The molecule has 0 bridgehead atoms. The summed E-state index contributed by atoms with van der Waals surface area (Å²) in [7, 11) is 0. The number of hydrogen-bond acceptors (Lipinski definition) is 3. The zero-order chi connectivity index (χ0) is 10.8. The van der Waals surface area contributed by atoms with Gasteiger partial charge in [0, 0.05) is 18.2 Å². The number of aliphatic hydroxyl groups is 1. The van der Waals surface area contributed by atoms with E-state index >= 15 is 0 Å². The smallest absolute Gasteiger partial charge is 0.123 e. The summed E-state index contributed by atoms with van der Waals surface area (Å²) in [5.41, 5.74) is 1.95. The predicted octanol–water partition coefficient (Wildman–Crippen LogP) is 1.90. The first kappa shape index (κ1) is 10.3. The van der Waals surface area contributed by atoms with E-state index in [2.05, 4.69) is 0 Å². The van der Waals surface area contributed by atoms with Gasteiger partial charge >= 0.3 is 0 Å². The molecule has 0 aromatic heterocycles. The molecule has 1 aromatic carbocycles. The molecule has 3 heteroatoms. The maximum atomic E-state index is 9.79. The average molecular weight is 208 g/mol. The quantitative estimate of drug-likeness (QED) is 0.695. The summed E-state index contributed by atoms with van der Waals surface area (Å²) in [6.07, 6.45) is 3.65. The number of benzene rings is 1. The molecule has 0 saturated heterocycles. The molecule has 2 rings (SSSR count). The summed E-state index contributed by atoms with van der Waals surface area (Å²) in [5.74, 6) is 0.526. The van der Waals surface area contributed by atoms with Crippen LogP contribution in [0.2, 0.25) is 0 Å². The molecule has 0 unspecified atom stereocenters. The molecule has 0 spiro atoms. The second-order valence-corrected chi connectivity index (χ2v) is 4.14. The van der Waals surface area contributed by atoms with Gasteiger partial charge in [0.25, 0.3) is 0 Å². The molecule has 15 heavy (non-hydrogen) atoms. The van der Waals surface area contributed by atoms with Crippen molar-refractivity contribution in [2.75, 3.05) is 6.61 Å². The van der Waals surface area contributed by atoms with Crippen LogP contribution in [0.5, 0.6) is 11.5 Å². The van der Waals surface area contributed by atoms with Crippen molar-refractivity contribution in [3.05, 3.63) is 23.3 Å². The van der Waals surface area contributed by atoms with Crippen molar-refractivity contribution in [3.8, 4) is 11.5 Å². The van der Waals surface area contributed by atoms with Gasteiger partial charge in [-0.15, -0.1) is 0 Å². The van der Waals surface area contributed by atoms with Gasteiger partial charge in [-0.1, -0.05) is 0 Å². The number of phenolic OH excluding ortho intramolecular Hbond substituents is 2. The minimum absolute atomic E-state index is 0.121. The minimum atomic E-state index is 0.121. The molecule has 0 aliphatic heterocycles. The van der Waals surface area contributed by atoms with E-state index in [0.717, 1.165) is 30.4 Å². The average Bonchev–Trinajstić information content (AvgIpc) is 2.17. The van der Waals surface area contributed by atoms with Gasteiger partial charge in [0.1, 0.15) is 11.5 Å². The highest BCUT2D eigenvalue weighted by Gasteiger charge is 2.23. The molecule has 0 radical (unpaired) electrons.